The Bertz CT molecular complexity index is 175. The van der Waals surface area contributed by atoms with Gasteiger partial charge in [0.1, 0.15) is 0 Å². The summed E-state index contributed by atoms with van der Waals surface area (Å²) >= 11 is 0. The van der Waals surface area contributed by atoms with Crippen LogP contribution in [0.2, 0.25) is 0 Å². The van der Waals surface area contributed by atoms with Crippen LogP contribution in [0.5, 0.6) is 0 Å². The highest BCUT2D eigenvalue weighted by atomic mass is 16.3. The van der Waals surface area contributed by atoms with Gasteiger partial charge in [-0.25, -0.2) is 0 Å². The SMILES string of the molecule is CCC(=O)N(CC(O)CO)CC(O)CO. The van der Waals surface area contributed by atoms with Gasteiger partial charge in [-0.3, -0.25) is 4.79 Å². The third kappa shape index (κ3) is 5.68. The fourth-order valence-electron chi connectivity index (χ4n) is 1.13. The highest BCUT2D eigenvalue weighted by molar-refractivity contribution is 5.75. The van der Waals surface area contributed by atoms with Gasteiger partial charge in [-0.15, -0.1) is 0 Å². The Morgan fingerprint density at radius 3 is 1.80 bits per heavy atom. The van der Waals surface area contributed by atoms with Gasteiger partial charge in [0.25, 0.3) is 0 Å². The van der Waals surface area contributed by atoms with Crippen LogP contribution in [0.3, 0.4) is 0 Å². The molecule has 0 aliphatic rings. The Hall–Kier alpha value is -0.690. The zero-order valence-corrected chi connectivity index (χ0v) is 8.83. The normalized spacial score (nSPS) is 14.7. The van der Waals surface area contributed by atoms with Gasteiger partial charge in [-0.05, 0) is 0 Å². The van der Waals surface area contributed by atoms with Crippen molar-refractivity contribution in [3.8, 4) is 0 Å². The molecule has 0 saturated carbocycles. The molecule has 0 bridgehead atoms. The van der Waals surface area contributed by atoms with Crippen LogP contribution in [0.25, 0.3) is 0 Å². The second-order valence-corrected chi connectivity index (χ2v) is 3.33. The average Bonchev–Trinajstić information content (AvgIpc) is 2.26. The van der Waals surface area contributed by atoms with E-state index in [-0.39, 0.29) is 25.4 Å². The first kappa shape index (κ1) is 14.3. The summed E-state index contributed by atoms with van der Waals surface area (Å²) in [5.41, 5.74) is 0. The Morgan fingerprint density at radius 1 is 1.13 bits per heavy atom. The lowest BCUT2D eigenvalue weighted by Crippen LogP contribution is -2.43. The van der Waals surface area contributed by atoms with Gasteiger partial charge in [0.15, 0.2) is 0 Å². The molecule has 2 unspecified atom stereocenters. The molecule has 6 heteroatoms. The fourth-order valence-corrected chi connectivity index (χ4v) is 1.13. The van der Waals surface area contributed by atoms with Gasteiger partial charge < -0.3 is 25.3 Å². The number of aliphatic hydroxyl groups is 4. The first-order valence-corrected chi connectivity index (χ1v) is 4.90. The van der Waals surface area contributed by atoms with Crippen LogP contribution in [0.1, 0.15) is 13.3 Å². The van der Waals surface area contributed by atoms with Crippen molar-refractivity contribution in [2.75, 3.05) is 26.3 Å². The van der Waals surface area contributed by atoms with E-state index in [1.54, 1.807) is 6.92 Å². The van der Waals surface area contributed by atoms with Crippen molar-refractivity contribution in [2.24, 2.45) is 0 Å². The number of amides is 1. The van der Waals surface area contributed by atoms with Gasteiger partial charge in [0.05, 0.1) is 25.4 Å². The summed E-state index contributed by atoms with van der Waals surface area (Å²) in [6, 6.07) is 0. The number of hydrogen-bond acceptors (Lipinski definition) is 5. The molecule has 0 radical (unpaired) electrons. The number of hydrogen-bond donors (Lipinski definition) is 4. The van der Waals surface area contributed by atoms with Gasteiger partial charge in [0.2, 0.25) is 5.91 Å². The number of aliphatic hydroxyl groups excluding tert-OH is 4. The summed E-state index contributed by atoms with van der Waals surface area (Å²) in [6.07, 6.45) is -1.80. The molecule has 4 N–H and O–H groups in total. The van der Waals surface area contributed by atoms with Gasteiger partial charge in [-0.2, -0.15) is 0 Å². The molecule has 0 saturated heterocycles. The Labute approximate surface area is 88.8 Å². The molecule has 0 spiro atoms. The second-order valence-electron chi connectivity index (χ2n) is 3.33. The Kier molecular flexibility index (Phi) is 7.23. The monoisotopic (exact) mass is 221 g/mol. The van der Waals surface area contributed by atoms with E-state index in [1.165, 1.54) is 4.90 Å². The highest BCUT2D eigenvalue weighted by Gasteiger charge is 2.18. The molecule has 0 aromatic heterocycles. The van der Waals surface area contributed by atoms with Crippen molar-refractivity contribution in [1.82, 2.24) is 4.90 Å². The molecule has 0 aliphatic heterocycles. The molecule has 2 atom stereocenters. The number of carbonyl (C=O) groups is 1. The summed E-state index contributed by atoms with van der Waals surface area (Å²) in [4.78, 5) is 12.6. The summed E-state index contributed by atoms with van der Waals surface area (Å²) in [6.45, 7) is 0.692. The lowest BCUT2D eigenvalue weighted by molar-refractivity contribution is -0.134. The molecule has 0 aromatic carbocycles. The number of nitrogens with zero attached hydrogens (tertiary/aromatic N) is 1. The molecular weight excluding hydrogens is 202 g/mol. The standard InChI is InChI=1S/C9H19NO5/c1-2-9(15)10(3-7(13)5-11)4-8(14)6-12/h7-8,11-14H,2-6H2,1H3. The van der Waals surface area contributed by atoms with Crippen molar-refractivity contribution in [3.05, 3.63) is 0 Å². The van der Waals surface area contributed by atoms with Crippen molar-refractivity contribution >= 4 is 5.91 Å². The average molecular weight is 221 g/mol. The summed E-state index contributed by atoms with van der Waals surface area (Å²) in [5.74, 6) is -0.241. The maximum Gasteiger partial charge on any atom is 0.222 e. The van der Waals surface area contributed by atoms with Crippen LogP contribution >= 0.6 is 0 Å². The number of carbonyl (C=O) groups excluding carboxylic acids is 1. The summed E-state index contributed by atoms with van der Waals surface area (Å²) in [7, 11) is 0. The van der Waals surface area contributed by atoms with Crippen LogP contribution in [0.15, 0.2) is 0 Å². The third-order valence-electron chi connectivity index (χ3n) is 1.94. The van der Waals surface area contributed by atoms with Crippen LogP contribution in [0, 0.1) is 0 Å². The molecular formula is C9H19NO5. The van der Waals surface area contributed by atoms with Gasteiger partial charge in [-0.1, -0.05) is 6.92 Å². The van der Waals surface area contributed by atoms with E-state index in [0.29, 0.717) is 0 Å². The summed E-state index contributed by atoms with van der Waals surface area (Å²) in [5, 5.41) is 35.6. The van der Waals surface area contributed by atoms with Crippen molar-refractivity contribution < 1.29 is 25.2 Å². The molecule has 0 aromatic rings. The Morgan fingerprint density at radius 2 is 1.53 bits per heavy atom. The molecule has 0 fully saturated rings. The fraction of sp³-hybridized carbons (Fsp3) is 0.889. The third-order valence-corrected chi connectivity index (χ3v) is 1.94. The van der Waals surface area contributed by atoms with E-state index in [4.69, 9.17) is 10.2 Å². The molecule has 6 nitrogen and oxygen atoms in total. The second kappa shape index (κ2) is 7.58. The van der Waals surface area contributed by atoms with Crippen LogP contribution in [0.4, 0.5) is 0 Å². The highest BCUT2D eigenvalue weighted by Crippen LogP contribution is 1.99. The van der Waals surface area contributed by atoms with Crippen LogP contribution < -0.4 is 0 Å². The minimum atomic E-state index is -1.02. The molecule has 90 valence electrons. The smallest absolute Gasteiger partial charge is 0.222 e. The maximum absolute atomic E-state index is 11.4. The number of rotatable bonds is 7. The Balaban J connectivity index is 4.24. The summed E-state index contributed by atoms with van der Waals surface area (Å²) < 4.78 is 0. The van der Waals surface area contributed by atoms with Crippen LogP contribution in [-0.4, -0.2) is 69.7 Å². The van der Waals surface area contributed by atoms with E-state index in [1.807, 2.05) is 0 Å². The minimum absolute atomic E-state index is 0.0414. The largest absolute Gasteiger partial charge is 0.394 e. The lowest BCUT2D eigenvalue weighted by atomic mass is 10.2. The molecule has 0 heterocycles. The maximum atomic E-state index is 11.4. The van der Waals surface area contributed by atoms with E-state index < -0.39 is 25.4 Å². The predicted octanol–water partition coefficient (Wildman–Crippen LogP) is -2.07. The van der Waals surface area contributed by atoms with E-state index >= 15 is 0 Å². The van der Waals surface area contributed by atoms with Gasteiger partial charge in [0, 0.05) is 19.5 Å². The van der Waals surface area contributed by atoms with Gasteiger partial charge >= 0.3 is 0 Å². The lowest BCUT2D eigenvalue weighted by Gasteiger charge is -2.26. The van der Waals surface area contributed by atoms with E-state index in [2.05, 4.69) is 0 Å². The van der Waals surface area contributed by atoms with E-state index in [0.717, 1.165) is 0 Å². The first-order valence-electron chi connectivity index (χ1n) is 4.90. The first-order chi connectivity index (χ1) is 7.04. The minimum Gasteiger partial charge on any atom is -0.394 e. The molecule has 15 heavy (non-hydrogen) atoms. The van der Waals surface area contributed by atoms with Crippen molar-refractivity contribution in [2.45, 2.75) is 25.6 Å². The van der Waals surface area contributed by atoms with E-state index in [9.17, 15) is 15.0 Å². The quantitative estimate of drug-likeness (QED) is 0.396. The topological polar surface area (TPSA) is 101 Å². The zero-order chi connectivity index (χ0) is 11.8. The zero-order valence-electron chi connectivity index (χ0n) is 8.83. The molecule has 1 amide bonds. The van der Waals surface area contributed by atoms with Crippen molar-refractivity contribution in [3.63, 3.8) is 0 Å². The van der Waals surface area contributed by atoms with Crippen molar-refractivity contribution in [1.29, 1.82) is 0 Å². The molecule has 0 rings (SSSR count). The van der Waals surface area contributed by atoms with Crippen LogP contribution in [-0.2, 0) is 4.79 Å². The molecule has 0 aliphatic carbocycles. The predicted molar refractivity (Wildman–Crippen MR) is 53.1 cm³/mol.